The number of carboxylic acid groups (broad SMARTS) is 1. The average Bonchev–Trinajstić information content (AvgIpc) is 2.13. The average molecular weight is 198 g/mol. The summed E-state index contributed by atoms with van der Waals surface area (Å²) in [6, 6.07) is 2.77. The molecule has 0 saturated heterocycles. The Morgan fingerprint density at radius 2 is 2.14 bits per heavy atom. The normalized spacial score (nSPS) is 10.1. The van der Waals surface area contributed by atoms with Crippen LogP contribution in [0.15, 0.2) is 12.1 Å². The molecule has 0 unspecified atom stereocenters. The first-order chi connectivity index (χ1) is 6.52. The van der Waals surface area contributed by atoms with Crippen molar-refractivity contribution in [2.45, 2.75) is 19.8 Å². The first kappa shape index (κ1) is 10.5. The van der Waals surface area contributed by atoms with Crippen LogP contribution in [0.1, 0.15) is 17.5 Å². The van der Waals surface area contributed by atoms with Crippen molar-refractivity contribution in [2.75, 3.05) is 0 Å². The maximum absolute atomic E-state index is 13.1. The van der Waals surface area contributed by atoms with Crippen LogP contribution in [-0.4, -0.2) is 16.2 Å². The molecule has 1 aromatic carbocycles. The Bertz CT molecular complexity index is 361. The second-order valence-electron chi connectivity index (χ2n) is 3.08. The number of phenols is 1. The quantitative estimate of drug-likeness (QED) is 0.779. The van der Waals surface area contributed by atoms with Gasteiger partial charge in [0.25, 0.3) is 0 Å². The molecule has 0 aliphatic carbocycles. The van der Waals surface area contributed by atoms with Gasteiger partial charge < -0.3 is 10.2 Å². The third-order valence-electron chi connectivity index (χ3n) is 2.09. The van der Waals surface area contributed by atoms with Gasteiger partial charge in [-0.25, -0.2) is 4.39 Å². The zero-order chi connectivity index (χ0) is 10.7. The lowest BCUT2D eigenvalue weighted by molar-refractivity contribution is -0.136. The summed E-state index contributed by atoms with van der Waals surface area (Å²) in [7, 11) is 0. The lowest BCUT2D eigenvalue weighted by Gasteiger charge is -2.06. The molecule has 0 radical (unpaired) electrons. The molecule has 0 aliphatic heterocycles. The predicted octanol–water partition coefficient (Wildman–Crippen LogP) is 1.86. The molecule has 1 aromatic rings. The van der Waals surface area contributed by atoms with E-state index in [4.69, 9.17) is 10.2 Å². The Hall–Kier alpha value is -1.58. The van der Waals surface area contributed by atoms with Gasteiger partial charge in [0.15, 0.2) is 11.6 Å². The SMILES string of the molecule is Cc1c(CCC(=O)O)ccc(O)c1F. The van der Waals surface area contributed by atoms with Crippen molar-refractivity contribution in [3.63, 3.8) is 0 Å². The van der Waals surface area contributed by atoms with Crippen LogP contribution in [-0.2, 0) is 11.2 Å². The number of carbonyl (C=O) groups is 1. The molecule has 0 aliphatic rings. The van der Waals surface area contributed by atoms with Gasteiger partial charge in [-0.1, -0.05) is 6.07 Å². The molecule has 76 valence electrons. The lowest BCUT2D eigenvalue weighted by Crippen LogP contribution is -2.00. The lowest BCUT2D eigenvalue weighted by atomic mass is 10.0. The third kappa shape index (κ3) is 2.22. The van der Waals surface area contributed by atoms with E-state index in [1.54, 1.807) is 0 Å². The number of phenolic OH excluding ortho intramolecular Hbond substituents is 1. The second-order valence-corrected chi connectivity index (χ2v) is 3.08. The van der Waals surface area contributed by atoms with Gasteiger partial charge in [0.2, 0.25) is 0 Å². The fourth-order valence-corrected chi connectivity index (χ4v) is 1.22. The summed E-state index contributed by atoms with van der Waals surface area (Å²) in [6.07, 6.45) is 0.240. The number of rotatable bonds is 3. The number of halogens is 1. The molecule has 0 atom stereocenters. The van der Waals surface area contributed by atoms with Crippen LogP contribution < -0.4 is 0 Å². The van der Waals surface area contributed by atoms with E-state index in [0.29, 0.717) is 11.1 Å². The first-order valence-electron chi connectivity index (χ1n) is 4.21. The van der Waals surface area contributed by atoms with E-state index < -0.39 is 17.5 Å². The summed E-state index contributed by atoms with van der Waals surface area (Å²) in [5.74, 6) is -1.99. The highest BCUT2D eigenvalue weighted by molar-refractivity contribution is 5.67. The van der Waals surface area contributed by atoms with E-state index in [0.717, 1.165) is 0 Å². The maximum atomic E-state index is 13.1. The number of aryl methyl sites for hydroxylation is 1. The summed E-state index contributed by atoms with van der Waals surface area (Å²) in [5, 5.41) is 17.5. The third-order valence-corrected chi connectivity index (χ3v) is 2.09. The number of aromatic hydroxyl groups is 1. The van der Waals surface area contributed by atoms with E-state index in [2.05, 4.69) is 0 Å². The number of carboxylic acids is 1. The molecule has 2 N–H and O–H groups in total. The van der Waals surface area contributed by atoms with Gasteiger partial charge in [0.1, 0.15) is 0 Å². The van der Waals surface area contributed by atoms with E-state index in [1.165, 1.54) is 19.1 Å². The van der Waals surface area contributed by atoms with Crippen molar-refractivity contribution < 1.29 is 19.4 Å². The van der Waals surface area contributed by atoms with Crippen LogP contribution in [0.3, 0.4) is 0 Å². The standard InChI is InChI=1S/C10H11FO3/c1-6-7(3-5-9(13)14)2-4-8(12)10(6)11/h2,4,12H,3,5H2,1H3,(H,13,14). The van der Waals surface area contributed by atoms with E-state index >= 15 is 0 Å². The molecule has 1 rings (SSSR count). The minimum Gasteiger partial charge on any atom is -0.505 e. The summed E-state index contributed by atoms with van der Waals surface area (Å²) < 4.78 is 13.1. The Kier molecular flexibility index (Phi) is 3.06. The molecule has 14 heavy (non-hydrogen) atoms. The highest BCUT2D eigenvalue weighted by Crippen LogP contribution is 2.22. The molecular weight excluding hydrogens is 187 g/mol. The summed E-state index contributed by atoms with van der Waals surface area (Å²) in [5.41, 5.74) is 0.925. The fraction of sp³-hybridized carbons (Fsp3) is 0.300. The molecule has 3 nitrogen and oxygen atoms in total. The summed E-state index contributed by atoms with van der Waals surface area (Å²) in [4.78, 5) is 10.3. The summed E-state index contributed by atoms with van der Waals surface area (Å²) in [6.45, 7) is 1.52. The van der Waals surface area contributed by atoms with E-state index in [-0.39, 0.29) is 12.8 Å². The molecule has 4 heteroatoms. The van der Waals surface area contributed by atoms with Gasteiger partial charge in [0, 0.05) is 6.42 Å². The van der Waals surface area contributed by atoms with Gasteiger partial charge >= 0.3 is 5.97 Å². The van der Waals surface area contributed by atoms with Crippen LogP contribution >= 0.6 is 0 Å². The molecule has 0 saturated carbocycles. The van der Waals surface area contributed by atoms with Gasteiger partial charge in [-0.15, -0.1) is 0 Å². The molecule has 0 fully saturated rings. The van der Waals surface area contributed by atoms with Crippen LogP contribution in [0.25, 0.3) is 0 Å². The fourth-order valence-electron chi connectivity index (χ4n) is 1.22. The monoisotopic (exact) mass is 198 g/mol. The highest BCUT2D eigenvalue weighted by atomic mass is 19.1. The zero-order valence-corrected chi connectivity index (χ0v) is 7.75. The van der Waals surface area contributed by atoms with Gasteiger partial charge in [-0.3, -0.25) is 4.79 Å². The Morgan fingerprint density at radius 3 is 2.71 bits per heavy atom. The van der Waals surface area contributed by atoms with Crippen LogP contribution in [0.4, 0.5) is 4.39 Å². The van der Waals surface area contributed by atoms with Crippen molar-refractivity contribution in [1.29, 1.82) is 0 Å². The number of aliphatic carboxylic acids is 1. The van der Waals surface area contributed by atoms with Crippen LogP contribution in [0.5, 0.6) is 5.75 Å². The molecule has 0 spiro atoms. The summed E-state index contributed by atoms with van der Waals surface area (Å²) >= 11 is 0. The van der Waals surface area contributed by atoms with Gasteiger partial charge in [-0.05, 0) is 30.5 Å². The second kappa shape index (κ2) is 4.09. The zero-order valence-electron chi connectivity index (χ0n) is 7.75. The number of hydrogen-bond acceptors (Lipinski definition) is 2. The topological polar surface area (TPSA) is 57.5 Å². The number of hydrogen-bond donors (Lipinski definition) is 2. The molecule has 0 aromatic heterocycles. The molecule has 0 amide bonds. The molecule has 0 bridgehead atoms. The number of benzene rings is 1. The Morgan fingerprint density at radius 1 is 1.50 bits per heavy atom. The van der Waals surface area contributed by atoms with Crippen molar-refractivity contribution in [1.82, 2.24) is 0 Å². The van der Waals surface area contributed by atoms with Crippen LogP contribution in [0, 0.1) is 12.7 Å². The minimum atomic E-state index is -0.919. The highest BCUT2D eigenvalue weighted by Gasteiger charge is 2.09. The van der Waals surface area contributed by atoms with Crippen molar-refractivity contribution in [3.8, 4) is 5.75 Å². The van der Waals surface area contributed by atoms with Crippen LogP contribution in [0.2, 0.25) is 0 Å². The van der Waals surface area contributed by atoms with Crippen molar-refractivity contribution in [2.24, 2.45) is 0 Å². The van der Waals surface area contributed by atoms with E-state index in [1.807, 2.05) is 0 Å². The van der Waals surface area contributed by atoms with Gasteiger partial charge in [0.05, 0.1) is 0 Å². The largest absolute Gasteiger partial charge is 0.505 e. The Labute approximate surface area is 80.8 Å². The minimum absolute atomic E-state index is 0.0367. The predicted molar refractivity (Wildman–Crippen MR) is 48.8 cm³/mol. The van der Waals surface area contributed by atoms with Crippen molar-refractivity contribution in [3.05, 3.63) is 29.1 Å². The molecular formula is C10H11FO3. The first-order valence-corrected chi connectivity index (χ1v) is 4.21. The van der Waals surface area contributed by atoms with Gasteiger partial charge in [-0.2, -0.15) is 0 Å². The van der Waals surface area contributed by atoms with Crippen molar-refractivity contribution >= 4 is 5.97 Å². The Balaban J connectivity index is 2.88. The molecule has 0 heterocycles. The van der Waals surface area contributed by atoms with E-state index in [9.17, 15) is 9.18 Å². The maximum Gasteiger partial charge on any atom is 0.303 e. The smallest absolute Gasteiger partial charge is 0.303 e.